The SMILES string of the molecule is C[C@H](c1ccc(F)cc1)n1cncc1CN1CCN(S(=O)(=O)c2cnc(N3CCN4C[C@H](O)CC[C@H]4C3)s2)CC1. The summed E-state index contributed by atoms with van der Waals surface area (Å²) < 4.78 is 44.3. The lowest BCUT2D eigenvalue weighted by atomic mass is 9.98. The topological polar surface area (TPSA) is 98.0 Å². The Labute approximate surface area is 238 Å². The van der Waals surface area contributed by atoms with E-state index in [0.29, 0.717) is 43.0 Å². The molecule has 0 spiro atoms. The minimum absolute atomic E-state index is 0.00738. The van der Waals surface area contributed by atoms with Crippen LogP contribution in [0.3, 0.4) is 0 Å². The van der Waals surface area contributed by atoms with Crippen molar-refractivity contribution in [3.05, 3.63) is 60.1 Å². The van der Waals surface area contributed by atoms with E-state index in [2.05, 4.69) is 36.2 Å². The Morgan fingerprint density at radius 3 is 2.60 bits per heavy atom. The van der Waals surface area contributed by atoms with Gasteiger partial charge in [-0.1, -0.05) is 23.5 Å². The van der Waals surface area contributed by atoms with Gasteiger partial charge in [-0.2, -0.15) is 4.31 Å². The van der Waals surface area contributed by atoms with Crippen LogP contribution in [-0.2, 0) is 16.6 Å². The summed E-state index contributed by atoms with van der Waals surface area (Å²) in [6.07, 6.45) is 6.67. The molecule has 0 saturated carbocycles. The summed E-state index contributed by atoms with van der Waals surface area (Å²) in [6.45, 7) is 7.97. The smallest absolute Gasteiger partial charge is 0.254 e. The third-order valence-electron chi connectivity index (χ3n) is 8.45. The fourth-order valence-corrected chi connectivity index (χ4v) is 8.76. The summed E-state index contributed by atoms with van der Waals surface area (Å²) in [5.74, 6) is -0.256. The molecular weight excluding hydrogens is 553 g/mol. The number of rotatable bonds is 7. The molecule has 3 aliphatic rings. The minimum Gasteiger partial charge on any atom is -0.392 e. The molecule has 2 aromatic heterocycles. The molecule has 3 saturated heterocycles. The van der Waals surface area contributed by atoms with E-state index in [9.17, 15) is 17.9 Å². The number of benzene rings is 1. The van der Waals surface area contributed by atoms with E-state index in [1.807, 2.05) is 6.20 Å². The van der Waals surface area contributed by atoms with E-state index in [4.69, 9.17) is 0 Å². The molecule has 0 radical (unpaired) electrons. The number of thiazole rings is 1. The van der Waals surface area contributed by atoms with Crippen molar-refractivity contribution in [3.63, 3.8) is 0 Å². The van der Waals surface area contributed by atoms with Gasteiger partial charge in [-0.15, -0.1) is 0 Å². The predicted octanol–water partition coefficient (Wildman–Crippen LogP) is 2.24. The van der Waals surface area contributed by atoms with Crippen LogP contribution in [0.5, 0.6) is 0 Å². The first-order chi connectivity index (χ1) is 19.3. The number of nitrogens with zero attached hydrogens (tertiary/aromatic N) is 7. The van der Waals surface area contributed by atoms with Crippen molar-refractivity contribution >= 4 is 26.5 Å². The van der Waals surface area contributed by atoms with Crippen LogP contribution in [0.15, 0.2) is 47.2 Å². The number of anilines is 1. The van der Waals surface area contributed by atoms with Gasteiger partial charge in [0, 0.05) is 71.1 Å². The number of piperazine rings is 2. The van der Waals surface area contributed by atoms with E-state index < -0.39 is 10.0 Å². The van der Waals surface area contributed by atoms with Gasteiger partial charge in [0.1, 0.15) is 5.82 Å². The van der Waals surface area contributed by atoms with Gasteiger partial charge in [-0.05, 0) is 37.5 Å². The number of sulfonamides is 1. The van der Waals surface area contributed by atoms with Crippen LogP contribution >= 0.6 is 11.3 Å². The standard InChI is InChI=1S/C27H36FN7O3S2/c1-20(21-2-4-22(28)5-3-21)35-19-29-14-24(35)16-31-8-12-34(13-9-31)40(37,38)26-15-30-27(39-26)33-11-10-32-18-25(36)7-6-23(32)17-33/h2-5,14-15,19-20,23,25,36H,6-13,16-18H2,1H3/t20-,23+,25-/m1/s1. The van der Waals surface area contributed by atoms with E-state index >= 15 is 0 Å². The molecule has 6 rings (SSSR count). The largest absolute Gasteiger partial charge is 0.392 e. The maximum atomic E-state index is 13.5. The molecule has 13 heteroatoms. The van der Waals surface area contributed by atoms with Crippen LogP contribution in [0.4, 0.5) is 9.52 Å². The van der Waals surface area contributed by atoms with Gasteiger partial charge in [-0.25, -0.2) is 22.8 Å². The van der Waals surface area contributed by atoms with Crippen LogP contribution in [0.2, 0.25) is 0 Å². The van der Waals surface area contributed by atoms with Gasteiger partial charge in [0.25, 0.3) is 10.0 Å². The summed E-state index contributed by atoms with van der Waals surface area (Å²) in [4.78, 5) is 15.6. The molecule has 10 nitrogen and oxygen atoms in total. The molecule has 40 heavy (non-hydrogen) atoms. The highest BCUT2D eigenvalue weighted by atomic mass is 32.2. The Balaban J connectivity index is 1.05. The maximum absolute atomic E-state index is 13.5. The van der Waals surface area contributed by atoms with Crippen LogP contribution < -0.4 is 4.90 Å². The van der Waals surface area contributed by atoms with Gasteiger partial charge >= 0.3 is 0 Å². The molecule has 3 atom stereocenters. The molecular formula is C27H36FN7O3S2. The number of aliphatic hydroxyl groups is 1. The molecule has 5 heterocycles. The third kappa shape index (κ3) is 5.68. The Morgan fingerprint density at radius 2 is 1.82 bits per heavy atom. The summed E-state index contributed by atoms with van der Waals surface area (Å²) >= 11 is 1.26. The first-order valence-corrected chi connectivity index (χ1v) is 16.1. The number of aromatic nitrogens is 3. The van der Waals surface area contributed by atoms with Crippen molar-refractivity contribution in [1.29, 1.82) is 0 Å². The first kappa shape index (κ1) is 27.7. The average Bonchev–Trinajstić information content (AvgIpc) is 3.64. The highest BCUT2D eigenvalue weighted by Gasteiger charge is 2.35. The van der Waals surface area contributed by atoms with Gasteiger partial charge < -0.3 is 14.6 Å². The number of imidazole rings is 1. The second-order valence-electron chi connectivity index (χ2n) is 11.0. The Kier molecular flexibility index (Phi) is 7.94. The average molecular weight is 590 g/mol. The predicted molar refractivity (Wildman–Crippen MR) is 151 cm³/mol. The molecule has 0 bridgehead atoms. The Hall–Kier alpha value is -2.42. The Morgan fingerprint density at radius 1 is 1.05 bits per heavy atom. The van der Waals surface area contributed by atoms with E-state index in [0.717, 1.165) is 55.4 Å². The first-order valence-electron chi connectivity index (χ1n) is 13.9. The fourth-order valence-electron chi connectivity index (χ4n) is 6.03. The van der Waals surface area contributed by atoms with Crippen molar-refractivity contribution < 1.29 is 17.9 Å². The summed E-state index contributed by atoms with van der Waals surface area (Å²) in [6, 6.07) is 6.91. The van der Waals surface area contributed by atoms with Gasteiger partial charge in [0.15, 0.2) is 9.34 Å². The molecule has 1 N–H and O–H groups in total. The third-order valence-corrected chi connectivity index (χ3v) is 11.8. The van der Waals surface area contributed by atoms with Crippen molar-refractivity contribution in [2.45, 2.75) is 48.7 Å². The molecule has 1 aromatic carbocycles. The molecule has 216 valence electrons. The van der Waals surface area contributed by atoms with E-state index in [-0.39, 0.29) is 18.0 Å². The monoisotopic (exact) mass is 589 g/mol. The number of fused-ring (bicyclic) bond motifs is 1. The molecule has 0 unspecified atom stereocenters. The molecule has 3 aliphatic heterocycles. The minimum atomic E-state index is -3.61. The van der Waals surface area contributed by atoms with Crippen LogP contribution in [0.1, 0.15) is 37.1 Å². The summed E-state index contributed by atoms with van der Waals surface area (Å²) in [7, 11) is -3.61. The number of piperidine rings is 1. The van der Waals surface area contributed by atoms with Crippen LogP contribution in [-0.4, -0.2) is 107 Å². The van der Waals surface area contributed by atoms with E-state index in [1.54, 1.807) is 22.8 Å². The fraction of sp³-hybridized carbons (Fsp3) is 0.556. The van der Waals surface area contributed by atoms with Crippen molar-refractivity contribution in [3.8, 4) is 0 Å². The molecule has 0 aliphatic carbocycles. The lowest BCUT2D eigenvalue weighted by Crippen LogP contribution is -2.57. The maximum Gasteiger partial charge on any atom is 0.254 e. The zero-order chi connectivity index (χ0) is 27.9. The van der Waals surface area contributed by atoms with Crippen molar-refractivity contribution in [2.24, 2.45) is 0 Å². The summed E-state index contributed by atoms with van der Waals surface area (Å²) in [5, 5.41) is 10.7. The number of aliphatic hydroxyl groups excluding tert-OH is 1. The summed E-state index contributed by atoms with van der Waals surface area (Å²) in [5.41, 5.74) is 2.03. The second kappa shape index (κ2) is 11.5. The van der Waals surface area contributed by atoms with Crippen molar-refractivity contribution in [1.82, 2.24) is 28.6 Å². The number of halogens is 1. The molecule has 3 aromatic rings. The Bertz CT molecular complexity index is 1410. The zero-order valence-corrected chi connectivity index (χ0v) is 24.3. The zero-order valence-electron chi connectivity index (χ0n) is 22.6. The van der Waals surface area contributed by atoms with Gasteiger partial charge in [-0.3, -0.25) is 9.80 Å². The number of hydrogen-bond acceptors (Lipinski definition) is 9. The highest BCUT2D eigenvalue weighted by Crippen LogP contribution is 2.32. The quantitative estimate of drug-likeness (QED) is 0.448. The van der Waals surface area contributed by atoms with Crippen LogP contribution in [0, 0.1) is 5.82 Å². The lowest BCUT2D eigenvalue weighted by Gasteiger charge is -2.45. The van der Waals surface area contributed by atoms with E-state index in [1.165, 1.54) is 29.7 Å². The highest BCUT2D eigenvalue weighted by molar-refractivity contribution is 7.91. The van der Waals surface area contributed by atoms with Crippen LogP contribution in [0.25, 0.3) is 0 Å². The van der Waals surface area contributed by atoms with Crippen molar-refractivity contribution in [2.75, 3.05) is 57.3 Å². The number of hydrogen-bond donors (Lipinski definition) is 1. The molecule has 0 amide bonds. The lowest BCUT2D eigenvalue weighted by molar-refractivity contribution is 0.0298. The second-order valence-corrected chi connectivity index (χ2v) is 14.2. The molecule has 3 fully saturated rings. The van der Waals surface area contributed by atoms with Gasteiger partial charge in [0.05, 0.1) is 30.4 Å². The van der Waals surface area contributed by atoms with Gasteiger partial charge in [0.2, 0.25) is 0 Å². The normalized spacial score (nSPS) is 24.2.